The van der Waals surface area contributed by atoms with Gasteiger partial charge >= 0.3 is 0 Å². The molecule has 1 fully saturated rings. The monoisotopic (exact) mass is 421 g/mol. The highest BCUT2D eigenvalue weighted by atomic mass is 32.2. The molecule has 7 heteroatoms. The molecule has 0 bridgehead atoms. The van der Waals surface area contributed by atoms with Gasteiger partial charge in [-0.2, -0.15) is 11.8 Å². The van der Waals surface area contributed by atoms with Crippen LogP contribution in [0.5, 0.6) is 0 Å². The first-order valence-corrected chi connectivity index (χ1v) is 12.6. The highest BCUT2D eigenvalue weighted by Gasteiger charge is 2.30. The lowest BCUT2D eigenvalue weighted by atomic mass is 10.0. The molecule has 1 aromatic rings. The Labute approximate surface area is 174 Å². The Balaban J connectivity index is 1.55. The van der Waals surface area contributed by atoms with E-state index >= 15 is 0 Å². The highest BCUT2D eigenvalue weighted by molar-refractivity contribution is 8.14. The summed E-state index contributed by atoms with van der Waals surface area (Å²) in [6, 6.07) is 0. The second kappa shape index (κ2) is 8.64. The number of thiophene rings is 1. The van der Waals surface area contributed by atoms with Crippen LogP contribution in [0.4, 0.5) is 5.00 Å². The van der Waals surface area contributed by atoms with E-state index < -0.39 is 0 Å². The molecule has 0 saturated carbocycles. The average molecular weight is 422 g/mol. The molecular formula is C20H27N3OS3. The van der Waals surface area contributed by atoms with Crippen LogP contribution in [-0.4, -0.2) is 59.3 Å². The van der Waals surface area contributed by atoms with E-state index in [-0.39, 0.29) is 0 Å². The quantitative estimate of drug-likeness (QED) is 0.681. The van der Waals surface area contributed by atoms with Gasteiger partial charge in [0.2, 0.25) is 0 Å². The van der Waals surface area contributed by atoms with Crippen LogP contribution in [0.2, 0.25) is 0 Å². The molecular weight excluding hydrogens is 394 g/mol. The Kier molecular flexibility index (Phi) is 6.21. The fourth-order valence-corrected chi connectivity index (χ4v) is 7.10. The summed E-state index contributed by atoms with van der Waals surface area (Å²) in [6.07, 6.45) is 2.23. The van der Waals surface area contributed by atoms with Gasteiger partial charge < -0.3 is 14.5 Å². The van der Waals surface area contributed by atoms with Gasteiger partial charge in [0.25, 0.3) is 0 Å². The molecule has 3 aliphatic heterocycles. The van der Waals surface area contributed by atoms with E-state index in [2.05, 4.69) is 29.9 Å². The lowest BCUT2D eigenvalue weighted by Crippen LogP contribution is -2.36. The summed E-state index contributed by atoms with van der Waals surface area (Å²) >= 11 is 5.69. The third-order valence-corrected chi connectivity index (χ3v) is 8.46. The first kappa shape index (κ1) is 19.4. The molecule has 1 aromatic heterocycles. The minimum absolute atomic E-state index is 0.797. The van der Waals surface area contributed by atoms with Gasteiger partial charge in [-0.25, -0.2) is 4.99 Å². The molecule has 0 spiro atoms. The number of nitrogens with zero attached hydrogens (tertiary/aromatic N) is 3. The van der Waals surface area contributed by atoms with E-state index in [0.717, 1.165) is 68.1 Å². The number of ether oxygens (including phenoxy) is 1. The number of rotatable bonds is 5. The molecule has 0 N–H and O–H groups in total. The minimum atomic E-state index is 0.797. The second-order valence-corrected chi connectivity index (χ2v) is 10.1. The summed E-state index contributed by atoms with van der Waals surface area (Å²) in [5.74, 6) is 3.20. The molecule has 3 aliphatic rings. The van der Waals surface area contributed by atoms with Gasteiger partial charge in [0.15, 0.2) is 5.17 Å². The number of fused-ring (bicyclic) bond motifs is 3. The Hall–Kier alpha value is -0.890. The van der Waals surface area contributed by atoms with Crippen LogP contribution >= 0.6 is 34.9 Å². The number of aliphatic imine (C=N–C) groups is 1. The summed E-state index contributed by atoms with van der Waals surface area (Å²) in [6.45, 7) is 15.5. The molecule has 4 nitrogen and oxygen atoms in total. The fourth-order valence-electron chi connectivity index (χ4n) is 3.68. The van der Waals surface area contributed by atoms with Crippen LogP contribution in [-0.2, 0) is 16.9 Å². The maximum atomic E-state index is 5.45. The predicted octanol–water partition coefficient (Wildman–Crippen LogP) is 4.80. The summed E-state index contributed by atoms with van der Waals surface area (Å²) in [5, 5.41) is 2.24. The van der Waals surface area contributed by atoms with E-state index in [1.807, 2.05) is 23.1 Å². The van der Waals surface area contributed by atoms with Crippen LogP contribution in [0.1, 0.15) is 29.3 Å². The summed E-state index contributed by atoms with van der Waals surface area (Å²) in [5.41, 5.74) is 5.14. The zero-order chi connectivity index (χ0) is 18.8. The number of thioether (sulfide) groups is 2. The maximum Gasteiger partial charge on any atom is 0.170 e. The Morgan fingerprint density at radius 3 is 2.93 bits per heavy atom. The van der Waals surface area contributed by atoms with E-state index in [1.165, 1.54) is 32.5 Å². The average Bonchev–Trinajstić information content (AvgIpc) is 3.07. The van der Waals surface area contributed by atoms with Crippen molar-refractivity contribution in [2.45, 2.75) is 25.5 Å². The molecule has 27 heavy (non-hydrogen) atoms. The van der Waals surface area contributed by atoms with Crippen molar-refractivity contribution in [2.75, 3.05) is 44.4 Å². The molecule has 0 atom stereocenters. The van der Waals surface area contributed by atoms with Crippen molar-refractivity contribution in [1.82, 2.24) is 9.80 Å². The third kappa shape index (κ3) is 3.97. The Morgan fingerprint density at radius 1 is 1.33 bits per heavy atom. The molecule has 146 valence electrons. The minimum Gasteiger partial charge on any atom is -0.378 e. The van der Waals surface area contributed by atoms with Crippen molar-refractivity contribution < 1.29 is 4.74 Å². The zero-order valence-electron chi connectivity index (χ0n) is 16.0. The summed E-state index contributed by atoms with van der Waals surface area (Å²) in [4.78, 5) is 11.3. The Bertz CT molecular complexity index is 765. The second-order valence-electron chi connectivity index (χ2n) is 6.93. The largest absolute Gasteiger partial charge is 0.378 e. The van der Waals surface area contributed by atoms with Gasteiger partial charge in [-0.15, -0.1) is 11.3 Å². The predicted molar refractivity (Wildman–Crippen MR) is 121 cm³/mol. The van der Waals surface area contributed by atoms with Crippen LogP contribution in [0, 0.1) is 0 Å². The highest BCUT2D eigenvalue weighted by Crippen LogP contribution is 2.48. The van der Waals surface area contributed by atoms with Gasteiger partial charge in [-0.3, -0.25) is 0 Å². The molecule has 0 aliphatic carbocycles. The van der Waals surface area contributed by atoms with Crippen molar-refractivity contribution >= 4 is 50.7 Å². The summed E-state index contributed by atoms with van der Waals surface area (Å²) < 4.78 is 5.45. The number of amidine groups is 1. The maximum absolute atomic E-state index is 5.45. The lowest BCUT2D eigenvalue weighted by Gasteiger charge is -2.33. The molecule has 4 rings (SSSR count). The third-order valence-electron chi connectivity index (χ3n) is 5.12. The first-order valence-electron chi connectivity index (χ1n) is 9.60. The van der Waals surface area contributed by atoms with Gasteiger partial charge in [-0.05, 0) is 24.2 Å². The lowest BCUT2D eigenvalue weighted by molar-refractivity contribution is 0.0543. The van der Waals surface area contributed by atoms with E-state index in [4.69, 9.17) is 9.73 Å². The van der Waals surface area contributed by atoms with Crippen LogP contribution in [0.3, 0.4) is 0 Å². The van der Waals surface area contributed by atoms with Crippen molar-refractivity contribution in [1.29, 1.82) is 0 Å². The van der Waals surface area contributed by atoms with Crippen LogP contribution < -0.4 is 0 Å². The SMILES string of the molecule is C=C(CSC1=Nc2sc3c(c2C(=C)N1CCC)CCSC3)N1CCOCC1. The van der Waals surface area contributed by atoms with E-state index in [1.54, 1.807) is 11.8 Å². The van der Waals surface area contributed by atoms with Gasteiger partial charge in [0, 0.05) is 53.0 Å². The fraction of sp³-hybridized carbons (Fsp3) is 0.550. The van der Waals surface area contributed by atoms with Gasteiger partial charge in [-0.1, -0.05) is 31.8 Å². The molecule has 1 saturated heterocycles. The summed E-state index contributed by atoms with van der Waals surface area (Å²) in [7, 11) is 0. The molecule has 0 radical (unpaired) electrons. The molecule has 0 amide bonds. The normalized spacial score (nSPS) is 19.6. The van der Waals surface area contributed by atoms with Crippen LogP contribution in [0.15, 0.2) is 23.8 Å². The van der Waals surface area contributed by atoms with Crippen LogP contribution in [0.25, 0.3) is 5.70 Å². The number of hydrogen-bond acceptors (Lipinski definition) is 7. The zero-order valence-corrected chi connectivity index (χ0v) is 18.4. The number of hydrogen-bond donors (Lipinski definition) is 0. The standard InChI is InChI=1S/C20H27N3OS3/c1-4-6-23-15(3)18-16-5-11-25-13-17(16)27-19(18)21-20(23)26-12-14(2)22-7-9-24-10-8-22/h2-13H2,1H3. The van der Waals surface area contributed by atoms with E-state index in [0.29, 0.717) is 0 Å². The van der Waals surface area contributed by atoms with Gasteiger partial charge in [0.05, 0.1) is 13.2 Å². The first-order chi connectivity index (χ1) is 13.2. The van der Waals surface area contributed by atoms with Crippen molar-refractivity contribution in [3.8, 4) is 0 Å². The molecule has 4 heterocycles. The topological polar surface area (TPSA) is 28.1 Å². The van der Waals surface area contributed by atoms with E-state index in [9.17, 15) is 0 Å². The smallest absolute Gasteiger partial charge is 0.170 e. The molecule has 0 aromatic carbocycles. The molecule has 0 unspecified atom stereocenters. The number of morpholine rings is 1. The van der Waals surface area contributed by atoms with Gasteiger partial charge in [0.1, 0.15) is 5.00 Å². The van der Waals surface area contributed by atoms with Crippen molar-refractivity contribution in [3.05, 3.63) is 34.9 Å². The Morgan fingerprint density at radius 2 is 2.15 bits per heavy atom. The van der Waals surface area contributed by atoms with Crippen molar-refractivity contribution in [2.24, 2.45) is 4.99 Å². The van der Waals surface area contributed by atoms with Crippen molar-refractivity contribution in [3.63, 3.8) is 0 Å².